The minimum atomic E-state index is -0.472. The third-order valence-corrected chi connectivity index (χ3v) is 2.77. The Bertz CT molecular complexity index is 391. The second kappa shape index (κ2) is 7.58. The summed E-state index contributed by atoms with van der Waals surface area (Å²) in [7, 11) is 0. The van der Waals surface area contributed by atoms with Crippen LogP contribution in [0.25, 0.3) is 0 Å². The highest BCUT2D eigenvalue weighted by molar-refractivity contribution is 5.86. The van der Waals surface area contributed by atoms with Crippen LogP contribution in [-0.4, -0.2) is 17.8 Å². The minimum absolute atomic E-state index is 0.163. The Balaban J connectivity index is 2.34. The van der Waals surface area contributed by atoms with Gasteiger partial charge in [0.25, 0.3) is 0 Å². The fraction of sp³-hybridized carbons (Fsp3) is 0.500. The van der Waals surface area contributed by atoms with Gasteiger partial charge in [-0.15, -0.1) is 0 Å². The highest BCUT2D eigenvalue weighted by atomic mass is 16.5. The molecule has 100 valence electrons. The lowest BCUT2D eigenvalue weighted by molar-refractivity contribution is 0.159. The van der Waals surface area contributed by atoms with Gasteiger partial charge >= 0.3 is 6.09 Å². The van der Waals surface area contributed by atoms with E-state index in [1.165, 1.54) is 0 Å². The molecule has 0 saturated carbocycles. The molecule has 0 fully saturated rings. The summed E-state index contributed by atoms with van der Waals surface area (Å²) in [6, 6.07) is 4.99. The van der Waals surface area contributed by atoms with Crippen molar-refractivity contribution in [3.63, 3.8) is 0 Å². The molecule has 1 rings (SSSR count). The van der Waals surface area contributed by atoms with Crippen LogP contribution in [0.1, 0.15) is 38.2 Å². The highest BCUT2D eigenvalue weighted by Crippen LogP contribution is 2.23. The molecular formula is C14H21NO3. The summed E-state index contributed by atoms with van der Waals surface area (Å²) in [5.74, 6) is 0.163. The molecule has 1 aromatic carbocycles. The van der Waals surface area contributed by atoms with Crippen molar-refractivity contribution >= 4 is 11.8 Å². The maximum atomic E-state index is 11.5. The number of carbonyl (C=O) groups excluding carboxylic acids is 1. The van der Waals surface area contributed by atoms with Crippen LogP contribution >= 0.6 is 0 Å². The van der Waals surface area contributed by atoms with Crippen LogP contribution in [0.2, 0.25) is 0 Å². The van der Waals surface area contributed by atoms with Crippen molar-refractivity contribution in [2.45, 2.75) is 39.5 Å². The normalized spacial score (nSPS) is 10.1. The third kappa shape index (κ3) is 4.65. The van der Waals surface area contributed by atoms with Gasteiger partial charge in [-0.1, -0.05) is 32.3 Å². The van der Waals surface area contributed by atoms with Crippen molar-refractivity contribution in [1.82, 2.24) is 0 Å². The number of phenols is 1. The lowest BCUT2D eigenvalue weighted by Crippen LogP contribution is -2.15. The molecule has 0 heterocycles. The molecule has 18 heavy (non-hydrogen) atoms. The molecule has 0 saturated heterocycles. The first-order valence-electron chi connectivity index (χ1n) is 6.37. The van der Waals surface area contributed by atoms with E-state index in [2.05, 4.69) is 12.2 Å². The Morgan fingerprint density at radius 3 is 2.83 bits per heavy atom. The number of nitrogens with one attached hydrogen (secondary N) is 1. The number of phenolic OH excluding ortho intramolecular Hbond substituents is 1. The van der Waals surface area contributed by atoms with Gasteiger partial charge in [-0.05, 0) is 25.5 Å². The van der Waals surface area contributed by atoms with Crippen LogP contribution < -0.4 is 5.32 Å². The summed E-state index contributed by atoms with van der Waals surface area (Å²) in [5.41, 5.74) is 1.22. The summed E-state index contributed by atoms with van der Waals surface area (Å²) in [6.45, 7) is 4.31. The number of ether oxygens (including phenoxy) is 1. The Morgan fingerprint density at radius 1 is 1.33 bits per heavy atom. The molecule has 0 atom stereocenters. The van der Waals surface area contributed by atoms with E-state index in [-0.39, 0.29) is 5.75 Å². The van der Waals surface area contributed by atoms with E-state index < -0.39 is 6.09 Å². The SMILES string of the molecule is CCCCCCOC(=O)Nc1cccc(O)c1C. The zero-order valence-corrected chi connectivity index (χ0v) is 11.0. The Morgan fingerprint density at radius 2 is 2.11 bits per heavy atom. The molecule has 0 radical (unpaired) electrons. The average Bonchev–Trinajstić information content (AvgIpc) is 2.35. The third-order valence-electron chi connectivity index (χ3n) is 2.77. The lowest BCUT2D eigenvalue weighted by atomic mass is 10.2. The molecule has 4 heteroatoms. The largest absolute Gasteiger partial charge is 0.508 e. The van der Waals surface area contributed by atoms with Crippen molar-refractivity contribution in [2.75, 3.05) is 11.9 Å². The van der Waals surface area contributed by atoms with Crippen LogP contribution in [0.4, 0.5) is 10.5 Å². The number of carbonyl (C=O) groups is 1. The van der Waals surface area contributed by atoms with E-state index >= 15 is 0 Å². The number of hydrogen-bond acceptors (Lipinski definition) is 3. The van der Waals surface area contributed by atoms with Gasteiger partial charge in [0.2, 0.25) is 0 Å². The highest BCUT2D eigenvalue weighted by Gasteiger charge is 2.07. The molecule has 0 bridgehead atoms. The summed E-state index contributed by atoms with van der Waals surface area (Å²) in [4.78, 5) is 11.5. The van der Waals surface area contributed by atoms with Crippen LogP contribution in [0, 0.1) is 6.92 Å². The molecule has 0 unspecified atom stereocenters. The van der Waals surface area contributed by atoms with Crippen molar-refractivity contribution < 1.29 is 14.6 Å². The second-order valence-corrected chi connectivity index (χ2v) is 4.27. The number of amides is 1. The van der Waals surface area contributed by atoms with Crippen molar-refractivity contribution in [2.24, 2.45) is 0 Å². The zero-order valence-electron chi connectivity index (χ0n) is 11.0. The molecule has 0 aliphatic heterocycles. The number of aromatic hydroxyl groups is 1. The molecule has 1 aromatic rings. The van der Waals surface area contributed by atoms with Gasteiger partial charge in [0.1, 0.15) is 5.75 Å². The van der Waals surface area contributed by atoms with Crippen molar-refractivity contribution in [1.29, 1.82) is 0 Å². The summed E-state index contributed by atoms with van der Waals surface area (Å²) >= 11 is 0. The molecule has 0 aromatic heterocycles. The van der Waals surface area contributed by atoms with Crippen LogP contribution in [0.3, 0.4) is 0 Å². The summed E-state index contributed by atoms with van der Waals surface area (Å²) < 4.78 is 5.06. The van der Waals surface area contributed by atoms with Gasteiger partial charge in [0.15, 0.2) is 0 Å². The maximum absolute atomic E-state index is 11.5. The van der Waals surface area contributed by atoms with Gasteiger partial charge < -0.3 is 9.84 Å². The van der Waals surface area contributed by atoms with E-state index in [0.29, 0.717) is 17.9 Å². The predicted molar refractivity (Wildman–Crippen MR) is 72.0 cm³/mol. The lowest BCUT2D eigenvalue weighted by Gasteiger charge is -2.10. The standard InChI is InChI=1S/C14H21NO3/c1-3-4-5-6-10-18-14(17)15-12-8-7-9-13(16)11(12)2/h7-9,16H,3-6,10H2,1-2H3,(H,15,17). The first kappa shape index (κ1) is 14.4. The van der Waals surface area contributed by atoms with Crippen LogP contribution in [0.5, 0.6) is 5.75 Å². The van der Waals surface area contributed by atoms with E-state index in [0.717, 1.165) is 25.7 Å². The average molecular weight is 251 g/mol. The molecule has 1 amide bonds. The van der Waals surface area contributed by atoms with E-state index in [9.17, 15) is 9.90 Å². The molecule has 2 N–H and O–H groups in total. The molecule has 0 aliphatic rings. The molecular weight excluding hydrogens is 230 g/mol. The first-order valence-corrected chi connectivity index (χ1v) is 6.37. The number of unbranched alkanes of at least 4 members (excludes halogenated alkanes) is 3. The fourth-order valence-electron chi connectivity index (χ4n) is 1.60. The number of anilines is 1. The second-order valence-electron chi connectivity index (χ2n) is 4.27. The van der Waals surface area contributed by atoms with Crippen molar-refractivity contribution in [3.8, 4) is 5.75 Å². The van der Waals surface area contributed by atoms with Gasteiger partial charge in [-0.2, -0.15) is 0 Å². The number of rotatable bonds is 6. The van der Waals surface area contributed by atoms with E-state index in [1.807, 2.05) is 0 Å². The smallest absolute Gasteiger partial charge is 0.411 e. The van der Waals surface area contributed by atoms with Crippen LogP contribution in [0.15, 0.2) is 18.2 Å². The summed E-state index contributed by atoms with van der Waals surface area (Å²) in [5, 5.41) is 12.1. The van der Waals surface area contributed by atoms with Gasteiger partial charge in [-0.3, -0.25) is 5.32 Å². The number of benzene rings is 1. The monoisotopic (exact) mass is 251 g/mol. The topological polar surface area (TPSA) is 58.6 Å². The zero-order chi connectivity index (χ0) is 13.4. The van der Waals surface area contributed by atoms with Crippen LogP contribution in [-0.2, 0) is 4.74 Å². The Labute approximate surface area is 108 Å². The first-order chi connectivity index (χ1) is 8.65. The number of hydrogen-bond donors (Lipinski definition) is 2. The fourth-order valence-corrected chi connectivity index (χ4v) is 1.60. The van der Waals surface area contributed by atoms with Gasteiger partial charge in [-0.25, -0.2) is 4.79 Å². The van der Waals surface area contributed by atoms with Gasteiger partial charge in [0.05, 0.1) is 12.3 Å². The van der Waals surface area contributed by atoms with Crippen molar-refractivity contribution in [3.05, 3.63) is 23.8 Å². The minimum Gasteiger partial charge on any atom is -0.508 e. The molecule has 0 spiro atoms. The van der Waals surface area contributed by atoms with Gasteiger partial charge in [0, 0.05) is 5.56 Å². The predicted octanol–water partition coefficient (Wildman–Crippen LogP) is 3.83. The molecule has 0 aliphatic carbocycles. The maximum Gasteiger partial charge on any atom is 0.411 e. The van der Waals surface area contributed by atoms with E-state index in [1.54, 1.807) is 25.1 Å². The van der Waals surface area contributed by atoms with E-state index in [4.69, 9.17) is 4.74 Å². The Kier molecular flexibility index (Phi) is 6.05. The summed E-state index contributed by atoms with van der Waals surface area (Å²) in [6.07, 6.45) is 3.82. The molecule has 4 nitrogen and oxygen atoms in total. The quantitative estimate of drug-likeness (QED) is 0.755. The Hall–Kier alpha value is -1.71.